The minimum atomic E-state index is -0.549. The molecule has 2 N–H and O–H groups in total. The summed E-state index contributed by atoms with van der Waals surface area (Å²) in [6.45, 7) is 6.23. The summed E-state index contributed by atoms with van der Waals surface area (Å²) < 4.78 is 23.9. The Morgan fingerprint density at radius 3 is 2.59 bits per heavy atom. The molecule has 0 aromatic heterocycles. The van der Waals surface area contributed by atoms with Crippen LogP contribution in [-0.4, -0.2) is 41.8 Å². The molecule has 1 fully saturated rings. The lowest BCUT2D eigenvalue weighted by Gasteiger charge is -2.28. The maximum atomic E-state index is 12.9. The third-order valence-corrected chi connectivity index (χ3v) is 3.33. The minimum Gasteiger partial charge on any atom is -0.491 e. The quantitative estimate of drug-likeness (QED) is 0.932. The van der Waals surface area contributed by atoms with E-state index in [0.29, 0.717) is 25.3 Å². The molecule has 0 bridgehead atoms. The van der Waals surface area contributed by atoms with Crippen LogP contribution in [0.5, 0.6) is 5.75 Å². The van der Waals surface area contributed by atoms with Crippen LogP contribution in [0.4, 0.5) is 9.18 Å². The van der Waals surface area contributed by atoms with Crippen molar-refractivity contribution in [1.29, 1.82) is 0 Å². The molecule has 1 aliphatic heterocycles. The summed E-state index contributed by atoms with van der Waals surface area (Å²) in [6.07, 6.45) is 0.272. The maximum Gasteiger partial charge on any atom is 0.410 e. The zero-order valence-corrected chi connectivity index (χ0v) is 13.2. The summed E-state index contributed by atoms with van der Waals surface area (Å²) in [4.78, 5) is 13.8. The van der Waals surface area contributed by atoms with Crippen LogP contribution in [-0.2, 0) is 4.74 Å². The highest BCUT2D eigenvalue weighted by Gasteiger charge is 2.36. The molecule has 1 heterocycles. The highest BCUT2D eigenvalue weighted by Crippen LogP contribution is 2.22. The third kappa shape index (κ3) is 4.59. The molecule has 1 aromatic carbocycles. The number of nitrogens with two attached hydrogens (primary N) is 1. The first kappa shape index (κ1) is 16.5. The summed E-state index contributed by atoms with van der Waals surface area (Å²) in [5, 5.41) is 0. The Kier molecular flexibility index (Phi) is 4.90. The van der Waals surface area contributed by atoms with E-state index in [2.05, 4.69) is 0 Å². The van der Waals surface area contributed by atoms with E-state index in [-0.39, 0.29) is 24.0 Å². The Bertz CT molecular complexity index is 513. The summed E-state index contributed by atoms with van der Waals surface area (Å²) in [5.74, 6) is 0.247. The van der Waals surface area contributed by atoms with E-state index in [1.807, 2.05) is 20.8 Å². The smallest absolute Gasteiger partial charge is 0.410 e. The van der Waals surface area contributed by atoms with Gasteiger partial charge >= 0.3 is 6.09 Å². The van der Waals surface area contributed by atoms with E-state index in [1.54, 1.807) is 17.0 Å². The molecule has 22 heavy (non-hydrogen) atoms. The SMILES string of the molecule is CC(C)(C)OC(=O)N1C[C@H](N)C[C@@H]1COc1ccc(F)cc1. The van der Waals surface area contributed by atoms with Crippen molar-refractivity contribution in [2.75, 3.05) is 13.2 Å². The van der Waals surface area contributed by atoms with Gasteiger partial charge < -0.3 is 20.1 Å². The second kappa shape index (κ2) is 6.52. The van der Waals surface area contributed by atoms with Crippen LogP contribution >= 0.6 is 0 Å². The Hall–Kier alpha value is -1.82. The zero-order valence-electron chi connectivity index (χ0n) is 13.2. The monoisotopic (exact) mass is 310 g/mol. The van der Waals surface area contributed by atoms with Crippen LogP contribution in [0.25, 0.3) is 0 Å². The van der Waals surface area contributed by atoms with E-state index in [0.717, 1.165) is 0 Å². The molecule has 0 spiro atoms. The van der Waals surface area contributed by atoms with Crippen molar-refractivity contribution in [1.82, 2.24) is 4.90 Å². The Morgan fingerprint density at radius 2 is 2.00 bits per heavy atom. The molecule has 1 amide bonds. The van der Waals surface area contributed by atoms with Gasteiger partial charge in [0.25, 0.3) is 0 Å². The van der Waals surface area contributed by atoms with Crippen molar-refractivity contribution in [3.05, 3.63) is 30.1 Å². The van der Waals surface area contributed by atoms with Gasteiger partial charge in [-0.25, -0.2) is 9.18 Å². The van der Waals surface area contributed by atoms with E-state index in [1.165, 1.54) is 12.1 Å². The highest BCUT2D eigenvalue weighted by atomic mass is 19.1. The molecule has 0 unspecified atom stereocenters. The van der Waals surface area contributed by atoms with Gasteiger partial charge in [-0.3, -0.25) is 0 Å². The first-order valence-electron chi connectivity index (χ1n) is 7.38. The number of likely N-dealkylation sites (tertiary alicyclic amines) is 1. The number of carbonyl (C=O) groups is 1. The van der Waals surface area contributed by atoms with E-state index in [9.17, 15) is 9.18 Å². The van der Waals surface area contributed by atoms with Crippen LogP contribution in [0.2, 0.25) is 0 Å². The normalized spacial score (nSPS) is 21.8. The molecule has 5 nitrogen and oxygen atoms in total. The lowest BCUT2D eigenvalue weighted by atomic mass is 10.2. The van der Waals surface area contributed by atoms with Gasteiger partial charge in [0, 0.05) is 12.6 Å². The molecular formula is C16H23FN2O3. The van der Waals surface area contributed by atoms with Gasteiger partial charge in [-0.1, -0.05) is 0 Å². The van der Waals surface area contributed by atoms with Crippen molar-refractivity contribution in [3.8, 4) is 5.75 Å². The molecule has 2 rings (SSSR count). The predicted octanol–water partition coefficient (Wildman–Crippen LogP) is 2.54. The summed E-state index contributed by atoms with van der Waals surface area (Å²) in [5.41, 5.74) is 5.40. The number of ether oxygens (including phenoxy) is 2. The predicted molar refractivity (Wildman–Crippen MR) is 81.2 cm³/mol. The number of carbonyl (C=O) groups excluding carboxylic acids is 1. The van der Waals surface area contributed by atoms with Gasteiger partial charge in [0.1, 0.15) is 23.8 Å². The molecule has 2 atom stereocenters. The number of hydrogen-bond donors (Lipinski definition) is 1. The fraction of sp³-hybridized carbons (Fsp3) is 0.562. The van der Waals surface area contributed by atoms with Crippen LogP contribution in [0.1, 0.15) is 27.2 Å². The molecule has 0 saturated carbocycles. The lowest BCUT2D eigenvalue weighted by molar-refractivity contribution is 0.0186. The van der Waals surface area contributed by atoms with E-state index >= 15 is 0 Å². The number of halogens is 1. The van der Waals surface area contributed by atoms with Gasteiger partial charge in [-0.15, -0.1) is 0 Å². The number of hydrogen-bond acceptors (Lipinski definition) is 4. The molecule has 1 aromatic rings. The molecule has 122 valence electrons. The van der Waals surface area contributed by atoms with E-state index < -0.39 is 5.60 Å². The van der Waals surface area contributed by atoms with Gasteiger partial charge in [-0.2, -0.15) is 0 Å². The van der Waals surface area contributed by atoms with Crippen LogP contribution < -0.4 is 10.5 Å². The van der Waals surface area contributed by atoms with Crippen LogP contribution in [0, 0.1) is 5.82 Å². The Morgan fingerprint density at radius 1 is 1.36 bits per heavy atom. The summed E-state index contributed by atoms with van der Waals surface area (Å²) >= 11 is 0. The standard InChI is InChI=1S/C16H23FN2O3/c1-16(2,3)22-15(20)19-9-12(18)8-13(19)10-21-14-6-4-11(17)5-7-14/h4-7,12-13H,8-10,18H2,1-3H3/t12-,13-/m1/s1. The topological polar surface area (TPSA) is 64.8 Å². The highest BCUT2D eigenvalue weighted by molar-refractivity contribution is 5.69. The van der Waals surface area contributed by atoms with Crippen LogP contribution in [0.3, 0.4) is 0 Å². The van der Waals surface area contributed by atoms with Crippen molar-refractivity contribution < 1.29 is 18.7 Å². The summed E-state index contributed by atoms with van der Waals surface area (Å²) in [6, 6.07) is 5.55. The Balaban J connectivity index is 1.95. The summed E-state index contributed by atoms with van der Waals surface area (Å²) in [7, 11) is 0. The second-order valence-corrected chi connectivity index (χ2v) is 6.55. The minimum absolute atomic E-state index is 0.0886. The fourth-order valence-electron chi connectivity index (χ4n) is 2.38. The molecule has 0 aliphatic carbocycles. The van der Waals surface area contributed by atoms with Gasteiger partial charge in [-0.05, 0) is 51.5 Å². The first-order valence-corrected chi connectivity index (χ1v) is 7.38. The van der Waals surface area contributed by atoms with Crippen molar-refractivity contribution in [2.45, 2.75) is 44.9 Å². The number of rotatable bonds is 3. The maximum absolute atomic E-state index is 12.9. The first-order chi connectivity index (χ1) is 10.2. The number of benzene rings is 1. The number of nitrogens with zero attached hydrogens (tertiary/aromatic N) is 1. The largest absolute Gasteiger partial charge is 0.491 e. The molecule has 1 saturated heterocycles. The van der Waals surface area contributed by atoms with Crippen molar-refractivity contribution in [3.63, 3.8) is 0 Å². The van der Waals surface area contributed by atoms with Gasteiger partial charge in [0.05, 0.1) is 6.04 Å². The number of amides is 1. The average molecular weight is 310 g/mol. The fourth-order valence-corrected chi connectivity index (χ4v) is 2.38. The van der Waals surface area contributed by atoms with Crippen molar-refractivity contribution in [2.24, 2.45) is 5.73 Å². The van der Waals surface area contributed by atoms with Crippen molar-refractivity contribution >= 4 is 6.09 Å². The Labute approximate surface area is 130 Å². The zero-order chi connectivity index (χ0) is 16.3. The molecule has 1 aliphatic rings. The lowest BCUT2D eigenvalue weighted by Crippen LogP contribution is -2.42. The molecule has 0 radical (unpaired) electrons. The van der Waals surface area contributed by atoms with Crippen LogP contribution in [0.15, 0.2) is 24.3 Å². The molecular weight excluding hydrogens is 287 g/mol. The average Bonchev–Trinajstić information content (AvgIpc) is 2.77. The van der Waals surface area contributed by atoms with E-state index in [4.69, 9.17) is 15.2 Å². The second-order valence-electron chi connectivity index (χ2n) is 6.55. The third-order valence-electron chi connectivity index (χ3n) is 3.33. The molecule has 6 heteroatoms. The van der Waals surface area contributed by atoms with Gasteiger partial charge in [0.15, 0.2) is 0 Å². The van der Waals surface area contributed by atoms with Gasteiger partial charge in [0.2, 0.25) is 0 Å².